The first-order valence-corrected chi connectivity index (χ1v) is 12.4. The van der Waals surface area contributed by atoms with Crippen LogP contribution in [0.4, 0.5) is 14.9 Å². The fraction of sp³-hybridized carbons (Fsp3) is 0.577. The predicted octanol–water partition coefficient (Wildman–Crippen LogP) is 4.07. The summed E-state index contributed by atoms with van der Waals surface area (Å²) in [6, 6.07) is 1.25. The normalized spacial score (nSPS) is 21.5. The lowest BCUT2D eigenvalue weighted by molar-refractivity contribution is 0.0496. The lowest BCUT2D eigenvalue weighted by atomic mass is 9.91. The van der Waals surface area contributed by atoms with Gasteiger partial charge in [-0.25, -0.2) is 14.0 Å². The van der Waals surface area contributed by atoms with E-state index < -0.39 is 28.9 Å². The molecule has 2 aliphatic heterocycles. The summed E-state index contributed by atoms with van der Waals surface area (Å²) in [7, 11) is 0. The van der Waals surface area contributed by atoms with Crippen molar-refractivity contribution in [2.45, 2.75) is 83.5 Å². The molecule has 0 radical (unpaired) electrons. The van der Waals surface area contributed by atoms with Crippen LogP contribution in [0.5, 0.6) is 0 Å². The smallest absolute Gasteiger partial charge is 0.407 e. The lowest BCUT2D eigenvalue weighted by Gasteiger charge is -2.37. The van der Waals surface area contributed by atoms with Crippen molar-refractivity contribution in [2.24, 2.45) is 0 Å². The van der Waals surface area contributed by atoms with E-state index in [4.69, 9.17) is 9.47 Å². The maximum atomic E-state index is 15.6. The number of nitrogens with one attached hydrogen (secondary N) is 1. The molecule has 2 aromatic rings. The molecule has 0 unspecified atom stereocenters. The van der Waals surface area contributed by atoms with Crippen LogP contribution in [0.25, 0.3) is 10.9 Å². The number of hydrogen-bond acceptors (Lipinski definition) is 6. The Morgan fingerprint density at radius 1 is 1.20 bits per heavy atom. The van der Waals surface area contributed by atoms with Gasteiger partial charge in [0.05, 0.1) is 23.9 Å². The number of halogens is 1. The van der Waals surface area contributed by atoms with Crippen molar-refractivity contribution in [1.82, 2.24) is 9.88 Å². The number of aryl methyl sites for hydroxylation is 1. The second-order valence-corrected chi connectivity index (χ2v) is 10.7. The first-order valence-electron chi connectivity index (χ1n) is 12.4. The van der Waals surface area contributed by atoms with Crippen LogP contribution < -0.4 is 15.6 Å². The van der Waals surface area contributed by atoms with Crippen LogP contribution in [0.2, 0.25) is 0 Å². The number of pyridine rings is 1. The van der Waals surface area contributed by atoms with E-state index in [0.29, 0.717) is 37.0 Å². The Kier molecular flexibility index (Phi) is 5.76. The monoisotopic (exact) mass is 485 g/mol. The van der Waals surface area contributed by atoms with E-state index in [0.717, 1.165) is 18.4 Å². The summed E-state index contributed by atoms with van der Waals surface area (Å²) >= 11 is 0. The van der Waals surface area contributed by atoms with Crippen LogP contribution in [0, 0.1) is 5.82 Å². The first-order chi connectivity index (χ1) is 16.6. The van der Waals surface area contributed by atoms with Gasteiger partial charge in [-0.3, -0.25) is 4.79 Å². The fourth-order valence-electron chi connectivity index (χ4n) is 5.51. The zero-order chi connectivity index (χ0) is 25.1. The molecule has 188 valence electrons. The second kappa shape index (κ2) is 8.53. The molecule has 1 aliphatic carbocycles. The lowest BCUT2D eigenvalue weighted by Crippen LogP contribution is -2.48. The summed E-state index contributed by atoms with van der Waals surface area (Å²) in [6.07, 6.45) is 4.98. The maximum absolute atomic E-state index is 15.6. The van der Waals surface area contributed by atoms with E-state index in [2.05, 4.69) is 5.32 Å². The predicted molar refractivity (Wildman–Crippen MR) is 130 cm³/mol. The van der Waals surface area contributed by atoms with Gasteiger partial charge in [0.1, 0.15) is 17.0 Å². The number of benzene rings is 1. The molecule has 1 amide bonds. The van der Waals surface area contributed by atoms with Gasteiger partial charge in [0.2, 0.25) is 5.43 Å². The average molecular weight is 486 g/mol. The Balaban J connectivity index is 1.55. The maximum Gasteiger partial charge on any atom is 0.407 e. The molecule has 1 N–H and O–H groups in total. The quantitative estimate of drug-likeness (QED) is 0.657. The van der Waals surface area contributed by atoms with Crippen molar-refractivity contribution in [3.63, 3.8) is 0 Å². The Labute approximate surface area is 203 Å². The Morgan fingerprint density at radius 2 is 1.94 bits per heavy atom. The van der Waals surface area contributed by atoms with Gasteiger partial charge in [-0.2, -0.15) is 0 Å². The van der Waals surface area contributed by atoms with Crippen LogP contribution in [0.3, 0.4) is 0 Å². The van der Waals surface area contributed by atoms with Crippen molar-refractivity contribution < 1.29 is 23.5 Å². The van der Waals surface area contributed by atoms with Gasteiger partial charge in [0.25, 0.3) is 0 Å². The molecule has 9 heteroatoms. The first kappa shape index (κ1) is 23.6. The molecule has 2 fully saturated rings. The van der Waals surface area contributed by atoms with Gasteiger partial charge in [-0.05, 0) is 65.9 Å². The van der Waals surface area contributed by atoms with Crippen molar-refractivity contribution in [2.75, 3.05) is 18.1 Å². The SMILES string of the molecule is CCOC(=O)c1cn(C2CC2)c2c3c(c(F)cc2c1=O)N1CC[C@@H](NC(=O)OC(C)(C)C)[C@H]1CC3. The molecule has 3 heterocycles. The van der Waals surface area contributed by atoms with Gasteiger partial charge < -0.3 is 24.3 Å². The number of fused-ring (bicyclic) bond motifs is 5. The fourth-order valence-corrected chi connectivity index (χ4v) is 5.51. The number of amides is 1. The molecular weight excluding hydrogens is 453 g/mol. The van der Waals surface area contributed by atoms with E-state index in [-0.39, 0.29) is 35.7 Å². The van der Waals surface area contributed by atoms with Crippen LogP contribution in [0.1, 0.15) is 75.3 Å². The molecule has 8 nitrogen and oxygen atoms in total. The molecule has 1 aromatic carbocycles. The zero-order valence-electron chi connectivity index (χ0n) is 20.7. The van der Waals surface area contributed by atoms with E-state index >= 15 is 4.39 Å². The summed E-state index contributed by atoms with van der Waals surface area (Å²) in [6.45, 7) is 7.89. The molecule has 1 saturated carbocycles. The molecule has 1 aromatic heterocycles. The minimum Gasteiger partial charge on any atom is -0.462 e. The van der Waals surface area contributed by atoms with Crippen molar-refractivity contribution in [3.05, 3.63) is 39.4 Å². The Bertz CT molecular complexity index is 1260. The minimum atomic E-state index is -0.678. The highest BCUT2D eigenvalue weighted by Crippen LogP contribution is 2.44. The summed E-state index contributed by atoms with van der Waals surface area (Å²) in [4.78, 5) is 40.1. The molecular formula is C26H32FN3O5. The van der Waals surface area contributed by atoms with E-state index in [9.17, 15) is 14.4 Å². The highest BCUT2D eigenvalue weighted by molar-refractivity contribution is 5.96. The Hall–Kier alpha value is -3.10. The molecule has 2 atom stereocenters. The number of carbonyl (C=O) groups is 2. The van der Waals surface area contributed by atoms with Gasteiger partial charge in [-0.1, -0.05) is 0 Å². The largest absolute Gasteiger partial charge is 0.462 e. The molecule has 0 spiro atoms. The second-order valence-electron chi connectivity index (χ2n) is 10.7. The summed E-state index contributed by atoms with van der Waals surface area (Å²) < 4.78 is 28.1. The third-order valence-corrected chi connectivity index (χ3v) is 7.00. The number of aromatic nitrogens is 1. The topological polar surface area (TPSA) is 89.9 Å². The Morgan fingerprint density at radius 3 is 2.60 bits per heavy atom. The van der Waals surface area contributed by atoms with Gasteiger partial charge in [0.15, 0.2) is 0 Å². The summed E-state index contributed by atoms with van der Waals surface area (Å²) in [5.41, 5.74) is 0.867. The summed E-state index contributed by atoms with van der Waals surface area (Å²) in [5.74, 6) is -1.15. The number of rotatable bonds is 4. The van der Waals surface area contributed by atoms with Crippen LogP contribution in [-0.2, 0) is 15.9 Å². The van der Waals surface area contributed by atoms with Crippen molar-refractivity contribution in [1.29, 1.82) is 0 Å². The van der Waals surface area contributed by atoms with Gasteiger partial charge >= 0.3 is 12.1 Å². The molecule has 3 aliphatic rings. The van der Waals surface area contributed by atoms with E-state index in [1.54, 1.807) is 13.1 Å². The van der Waals surface area contributed by atoms with Gasteiger partial charge in [-0.15, -0.1) is 0 Å². The third kappa shape index (κ3) is 4.25. The zero-order valence-corrected chi connectivity index (χ0v) is 20.7. The number of ether oxygens (including phenoxy) is 2. The number of nitrogens with zero attached hydrogens (tertiary/aromatic N) is 2. The number of hydrogen-bond donors (Lipinski definition) is 1. The van der Waals surface area contributed by atoms with Crippen LogP contribution in [0.15, 0.2) is 17.1 Å². The molecule has 5 rings (SSSR count). The molecule has 0 bridgehead atoms. The van der Waals surface area contributed by atoms with E-state index in [1.807, 2.05) is 30.2 Å². The van der Waals surface area contributed by atoms with Crippen LogP contribution >= 0.6 is 0 Å². The third-order valence-electron chi connectivity index (χ3n) is 7.00. The molecule has 1 saturated heterocycles. The van der Waals surface area contributed by atoms with Crippen molar-refractivity contribution in [3.8, 4) is 0 Å². The minimum absolute atomic E-state index is 0.0536. The summed E-state index contributed by atoms with van der Waals surface area (Å²) in [5, 5.41) is 3.19. The molecule has 35 heavy (non-hydrogen) atoms. The number of alkyl carbamates (subject to hydrolysis) is 1. The van der Waals surface area contributed by atoms with E-state index in [1.165, 1.54) is 6.07 Å². The van der Waals surface area contributed by atoms with Crippen molar-refractivity contribution >= 4 is 28.7 Å². The number of anilines is 1. The number of carbonyl (C=O) groups excluding carboxylic acids is 2. The highest BCUT2D eigenvalue weighted by Gasteiger charge is 2.42. The van der Waals surface area contributed by atoms with Gasteiger partial charge in [0, 0.05) is 35.8 Å². The van der Waals surface area contributed by atoms with Crippen LogP contribution in [-0.4, -0.2) is 47.5 Å². The average Bonchev–Trinajstić information content (AvgIpc) is 3.54. The highest BCUT2D eigenvalue weighted by atomic mass is 19.1. The number of esters is 1. The standard InChI is InChI=1S/C26H32FN3O5/c1-5-34-24(32)17-13-30(14-6-7-14)21-15-8-9-20-19(28-25(33)35-26(2,3)4)10-11-29(20)22(15)18(27)12-16(21)23(17)31/h12-14,19-20H,5-11H2,1-4H3,(H,28,33)/t19-,20-/m1/s1.